The van der Waals surface area contributed by atoms with Gasteiger partial charge in [0.2, 0.25) is 0 Å². The lowest BCUT2D eigenvalue weighted by Gasteiger charge is -2.25. The van der Waals surface area contributed by atoms with Gasteiger partial charge in [0.1, 0.15) is 5.69 Å². The Balaban J connectivity index is 2.05. The summed E-state index contributed by atoms with van der Waals surface area (Å²) in [6.07, 6.45) is 0. The van der Waals surface area contributed by atoms with E-state index in [4.69, 9.17) is 4.98 Å². The number of aryl methyl sites for hydroxylation is 3. The van der Waals surface area contributed by atoms with Crippen LogP contribution in [0.15, 0.2) is 18.2 Å². The van der Waals surface area contributed by atoms with Crippen LogP contribution in [0.4, 0.5) is 5.13 Å². The lowest BCUT2D eigenvalue weighted by atomic mass is 10.1. The summed E-state index contributed by atoms with van der Waals surface area (Å²) in [5.74, 6) is -0.0371. The van der Waals surface area contributed by atoms with E-state index in [0.29, 0.717) is 12.2 Å². The number of hydrogen-bond donors (Lipinski definition) is 0. The molecule has 0 aliphatic heterocycles. The molecule has 30 heavy (non-hydrogen) atoms. The van der Waals surface area contributed by atoms with Gasteiger partial charge in [-0.2, -0.15) is 5.10 Å². The number of benzene rings is 1. The Kier molecular flexibility index (Phi) is 6.93. The van der Waals surface area contributed by atoms with Gasteiger partial charge in [0.05, 0.1) is 15.9 Å². The van der Waals surface area contributed by atoms with Gasteiger partial charge in [0.15, 0.2) is 5.13 Å². The Morgan fingerprint density at radius 1 is 1.13 bits per heavy atom. The third-order valence-electron chi connectivity index (χ3n) is 5.65. The molecule has 3 rings (SSSR count). The maximum absolute atomic E-state index is 13.7. The van der Waals surface area contributed by atoms with E-state index in [-0.39, 0.29) is 11.9 Å². The monoisotopic (exact) mass is 427 g/mol. The molecule has 6 nitrogen and oxygen atoms in total. The topological polar surface area (TPSA) is 54.3 Å². The fourth-order valence-electron chi connectivity index (χ4n) is 3.60. The number of fused-ring (bicyclic) bond motifs is 1. The zero-order valence-corrected chi connectivity index (χ0v) is 20.0. The summed E-state index contributed by atoms with van der Waals surface area (Å²) in [5, 5.41) is 5.30. The molecular formula is C23H33N5OS. The number of carbonyl (C=O) groups excluding carboxylic acids is 1. The van der Waals surface area contributed by atoms with Gasteiger partial charge in [-0.05, 0) is 71.0 Å². The summed E-state index contributed by atoms with van der Waals surface area (Å²) in [7, 11) is 0. The van der Waals surface area contributed by atoms with Crippen LogP contribution in [0.25, 0.3) is 10.2 Å². The first kappa shape index (κ1) is 22.4. The molecule has 0 saturated carbocycles. The molecule has 0 aliphatic rings. The Morgan fingerprint density at radius 3 is 2.47 bits per heavy atom. The van der Waals surface area contributed by atoms with Gasteiger partial charge in [-0.15, -0.1) is 0 Å². The van der Waals surface area contributed by atoms with Crippen LogP contribution in [0, 0.1) is 20.8 Å². The second-order valence-electron chi connectivity index (χ2n) is 8.04. The molecule has 1 aromatic carbocycles. The molecule has 0 fully saturated rings. The predicted molar refractivity (Wildman–Crippen MR) is 126 cm³/mol. The molecule has 2 heterocycles. The molecule has 0 spiro atoms. The standard InChI is InChI=1S/C23H33N5OS/c1-8-26(9-2)12-13-27(22(29)19-14-17(6)25-28(19)15(3)4)23-24-21-18(7)16(5)10-11-20(21)30-23/h10-11,14-15H,8-9,12-13H2,1-7H3. The second-order valence-corrected chi connectivity index (χ2v) is 9.05. The quantitative estimate of drug-likeness (QED) is 0.508. The first-order valence-electron chi connectivity index (χ1n) is 10.7. The van der Waals surface area contributed by atoms with Crippen molar-refractivity contribution in [1.82, 2.24) is 19.7 Å². The minimum Gasteiger partial charge on any atom is -0.302 e. The van der Waals surface area contributed by atoms with Gasteiger partial charge in [-0.25, -0.2) is 4.98 Å². The lowest BCUT2D eigenvalue weighted by molar-refractivity contribution is 0.0971. The molecule has 3 aromatic rings. The van der Waals surface area contributed by atoms with Crippen LogP contribution in [0.1, 0.15) is 61.0 Å². The average molecular weight is 428 g/mol. The maximum atomic E-state index is 13.7. The average Bonchev–Trinajstić information content (AvgIpc) is 3.32. The van der Waals surface area contributed by atoms with Crippen molar-refractivity contribution in [2.45, 2.75) is 54.5 Å². The van der Waals surface area contributed by atoms with Crippen LogP contribution in [0.5, 0.6) is 0 Å². The first-order valence-corrected chi connectivity index (χ1v) is 11.6. The first-order chi connectivity index (χ1) is 14.3. The molecule has 0 radical (unpaired) electrons. The molecule has 0 unspecified atom stereocenters. The van der Waals surface area contributed by atoms with Crippen LogP contribution in [-0.4, -0.2) is 51.8 Å². The molecule has 0 bridgehead atoms. The molecular weight excluding hydrogens is 394 g/mol. The van der Waals surface area contributed by atoms with Crippen LogP contribution in [0.2, 0.25) is 0 Å². The number of rotatable bonds is 8. The molecule has 0 atom stereocenters. The Hall–Kier alpha value is -2.25. The van der Waals surface area contributed by atoms with Crippen LogP contribution in [-0.2, 0) is 0 Å². The minimum atomic E-state index is -0.0371. The highest BCUT2D eigenvalue weighted by Gasteiger charge is 2.26. The molecule has 2 aromatic heterocycles. The summed E-state index contributed by atoms with van der Waals surface area (Å²) in [5.41, 5.74) is 4.85. The highest BCUT2D eigenvalue weighted by atomic mass is 32.1. The van der Waals surface area contributed by atoms with E-state index in [0.717, 1.165) is 40.7 Å². The highest BCUT2D eigenvalue weighted by Crippen LogP contribution is 2.32. The van der Waals surface area contributed by atoms with Gasteiger partial charge in [0.25, 0.3) is 5.91 Å². The van der Waals surface area contributed by atoms with Crippen LogP contribution >= 0.6 is 11.3 Å². The number of thiazole rings is 1. The van der Waals surface area contributed by atoms with Crippen LogP contribution in [0.3, 0.4) is 0 Å². The number of carbonyl (C=O) groups is 1. The molecule has 162 valence electrons. The van der Waals surface area contributed by atoms with Crippen molar-refractivity contribution in [3.63, 3.8) is 0 Å². The van der Waals surface area contributed by atoms with Crippen molar-refractivity contribution < 1.29 is 4.79 Å². The van der Waals surface area contributed by atoms with Gasteiger partial charge in [0, 0.05) is 19.1 Å². The molecule has 7 heteroatoms. The molecule has 0 saturated heterocycles. The van der Waals surface area contributed by atoms with E-state index in [9.17, 15) is 4.79 Å². The number of aromatic nitrogens is 3. The van der Waals surface area contributed by atoms with E-state index in [2.05, 4.69) is 49.8 Å². The SMILES string of the molecule is CCN(CC)CCN(C(=O)c1cc(C)nn1C(C)C)c1nc2c(C)c(C)ccc2s1. The predicted octanol–water partition coefficient (Wildman–Crippen LogP) is 4.99. The summed E-state index contributed by atoms with van der Waals surface area (Å²) in [6.45, 7) is 17.8. The fourth-order valence-corrected chi connectivity index (χ4v) is 4.65. The normalized spacial score (nSPS) is 11.8. The maximum Gasteiger partial charge on any atom is 0.278 e. The summed E-state index contributed by atoms with van der Waals surface area (Å²) in [4.78, 5) is 22.8. The number of amides is 1. The molecule has 0 aliphatic carbocycles. The van der Waals surface area contributed by atoms with Gasteiger partial charge >= 0.3 is 0 Å². The summed E-state index contributed by atoms with van der Waals surface area (Å²) >= 11 is 1.58. The van der Waals surface area contributed by atoms with Crippen molar-refractivity contribution >= 4 is 32.6 Å². The fraction of sp³-hybridized carbons (Fsp3) is 0.522. The molecule has 1 amide bonds. The summed E-state index contributed by atoms with van der Waals surface area (Å²) < 4.78 is 2.94. The third-order valence-corrected chi connectivity index (χ3v) is 6.69. The molecule has 0 N–H and O–H groups in total. The van der Waals surface area contributed by atoms with Gasteiger partial charge < -0.3 is 4.90 Å². The smallest absolute Gasteiger partial charge is 0.278 e. The zero-order valence-electron chi connectivity index (χ0n) is 19.2. The van der Waals surface area contributed by atoms with E-state index in [1.54, 1.807) is 11.3 Å². The van der Waals surface area contributed by atoms with Crippen molar-refractivity contribution in [3.8, 4) is 0 Å². The van der Waals surface area contributed by atoms with Gasteiger partial charge in [-0.1, -0.05) is 31.3 Å². The zero-order chi connectivity index (χ0) is 22.0. The number of nitrogens with zero attached hydrogens (tertiary/aromatic N) is 5. The van der Waals surface area contributed by atoms with Crippen molar-refractivity contribution in [2.24, 2.45) is 0 Å². The summed E-state index contributed by atoms with van der Waals surface area (Å²) in [6, 6.07) is 6.23. The number of likely N-dealkylation sites (N-methyl/N-ethyl adjacent to an activating group) is 1. The Bertz CT molecular complexity index is 1030. The Morgan fingerprint density at radius 2 is 1.83 bits per heavy atom. The Labute approximate surface area is 183 Å². The van der Waals surface area contributed by atoms with Gasteiger partial charge in [-0.3, -0.25) is 14.4 Å². The second kappa shape index (κ2) is 9.27. The van der Waals surface area contributed by atoms with Crippen molar-refractivity contribution in [1.29, 1.82) is 0 Å². The van der Waals surface area contributed by atoms with Crippen LogP contribution < -0.4 is 4.90 Å². The van der Waals surface area contributed by atoms with E-state index in [1.807, 2.05) is 36.4 Å². The lowest BCUT2D eigenvalue weighted by Crippen LogP contribution is -2.39. The van der Waals surface area contributed by atoms with E-state index < -0.39 is 0 Å². The van der Waals surface area contributed by atoms with E-state index >= 15 is 0 Å². The minimum absolute atomic E-state index is 0.0371. The highest BCUT2D eigenvalue weighted by molar-refractivity contribution is 7.22. The number of hydrogen-bond acceptors (Lipinski definition) is 5. The van der Waals surface area contributed by atoms with Crippen molar-refractivity contribution in [2.75, 3.05) is 31.1 Å². The largest absolute Gasteiger partial charge is 0.302 e. The number of anilines is 1. The van der Waals surface area contributed by atoms with E-state index in [1.165, 1.54) is 11.1 Å². The van der Waals surface area contributed by atoms with Crippen molar-refractivity contribution in [3.05, 3.63) is 40.7 Å². The third kappa shape index (κ3) is 4.42.